The highest BCUT2D eigenvalue weighted by Gasteiger charge is 2.28. The SMILES string of the molecule is Cc1ccc(/C=C/S(=O)(=O)NCC(=O)Nc2ccccc2OCC(F)(F)F)cc1. The molecule has 0 aliphatic carbocycles. The molecule has 10 heteroatoms. The predicted octanol–water partition coefficient (Wildman–Crippen LogP) is 3.46. The molecular weight excluding hydrogens is 409 g/mol. The molecular formula is C19H19F3N2O4S. The monoisotopic (exact) mass is 428 g/mol. The van der Waals surface area contributed by atoms with Crippen LogP contribution >= 0.6 is 0 Å². The molecule has 0 saturated heterocycles. The fourth-order valence-electron chi connectivity index (χ4n) is 2.11. The van der Waals surface area contributed by atoms with Gasteiger partial charge in [0.05, 0.1) is 12.2 Å². The van der Waals surface area contributed by atoms with Crippen molar-refractivity contribution in [3.63, 3.8) is 0 Å². The van der Waals surface area contributed by atoms with Crippen LogP contribution in [0.3, 0.4) is 0 Å². The lowest BCUT2D eigenvalue weighted by Crippen LogP contribution is -2.31. The zero-order valence-corrected chi connectivity index (χ0v) is 16.2. The summed E-state index contributed by atoms with van der Waals surface area (Å²) in [6.07, 6.45) is -3.16. The lowest BCUT2D eigenvalue weighted by molar-refractivity contribution is -0.153. The number of nitrogens with one attached hydrogen (secondary N) is 2. The van der Waals surface area contributed by atoms with Gasteiger partial charge < -0.3 is 10.1 Å². The minimum atomic E-state index is -4.53. The quantitative estimate of drug-likeness (QED) is 0.675. The van der Waals surface area contributed by atoms with E-state index in [1.54, 1.807) is 12.1 Å². The summed E-state index contributed by atoms with van der Waals surface area (Å²) in [4.78, 5) is 12.0. The molecule has 2 aromatic rings. The average Bonchev–Trinajstić information content (AvgIpc) is 2.65. The van der Waals surface area contributed by atoms with Gasteiger partial charge in [0.15, 0.2) is 6.61 Å². The Morgan fingerprint density at radius 2 is 1.76 bits per heavy atom. The number of carbonyl (C=O) groups excluding carboxylic acids is 1. The Morgan fingerprint density at radius 3 is 2.41 bits per heavy atom. The van der Waals surface area contributed by atoms with Gasteiger partial charge in [-0.05, 0) is 30.7 Å². The molecule has 29 heavy (non-hydrogen) atoms. The fraction of sp³-hybridized carbons (Fsp3) is 0.211. The second-order valence-electron chi connectivity index (χ2n) is 6.03. The summed E-state index contributed by atoms with van der Waals surface area (Å²) >= 11 is 0. The molecule has 6 nitrogen and oxygen atoms in total. The minimum absolute atomic E-state index is 0.00357. The third-order valence-corrected chi connectivity index (χ3v) is 4.54. The van der Waals surface area contributed by atoms with Crippen molar-refractivity contribution in [3.05, 3.63) is 65.1 Å². The number of anilines is 1. The van der Waals surface area contributed by atoms with Crippen molar-refractivity contribution in [3.8, 4) is 5.75 Å². The van der Waals surface area contributed by atoms with Gasteiger partial charge in [-0.2, -0.15) is 13.2 Å². The van der Waals surface area contributed by atoms with Gasteiger partial charge in [-0.25, -0.2) is 13.1 Å². The van der Waals surface area contributed by atoms with Crippen molar-refractivity contribution in [1.82, 2.24) is 4.72 Å². The summed E-state index contributed by atoms with van der Waals surface area (Å²) in [6.45, 7) is -0.221. The lowest BCUT2D eigenvalue weighted by Gasteiger charge is -2.13. The zero-order chi connectivity index (χ0) is 21.5. The highest BCUT2D eigenvalue weighted by Crippen LogP contribution is 2.26. The number of halogens is 3. The van der Waals surface area contributed by atoms with Crippen molar-refractivity contribution >= 4 is 27.7 Å². The van der Waals surface area contributed by atoms with Crippen molar-refractivity contribution in [1.29, 1.82) is 0 Å². The molecule has 0 atom stereocenters. The molecule has 156 valence electrons. The van der Waals surface area contributed by atoms with Gasteiger partial charge in [-0.3, -0.25) is 4.79 Å². The van der Waals surface area contributed by atoms with Gasteiger partial charge in [0.1, 0.15) is 5.75 Å². The van der Waals surface area contributed by atoms with Crippen molar-refractivity contribution in [2.45, 2.75) is 13.1 Å². The molecule has 2 rings (SSSR count). The molecule has 0 aromatic heterocycles. The van der Waals surface area contributed by atoms with Crippen molar-refractivity contribution < 1.29 is 31.1 Å². The number of alkyl halides is 3. The maximum atomic E-state index is 12.3. The standard InChI is InChI=1S/C19H19F3N2O4S/c1-14-6-8-15(9-7-14)10-11-29(26,27)23-12-18(25)24-16-4-2-3-5-17(16)28-13-19(20,21)22/h2-11,23H,12-13H2,1H3,(H,24,25)/b11-10+. The second kappa shape index (κ2) is 9.57. The highest BCUT2D eigenvalue weighted by atomic mass is 32.2. The molecule has 2 aromatic carbocycles. The van der Waals surface area contributed by atoms with E-state index < -0.39 is 35.3 Å². The molecule has 0 spiro atoms. The first kappa shape index (κ1) is 22.4. The van der Waals surface area contributed by atoms with Crippen LogP contribution in [-0.4, -0.2) is 33.7 Å². The van der Waals surface area contributed by atoms with Crippen LogP contribution in [0.5, 0.6) is 5.75 Å². The topological polar surface area (TPSA) is 84.5 Å². The Balaban J connectivity index is 1.93. The highest BCUT2D eigenvalue weighted by molar-refractivity contribution is 7.92. The Hall–Kier alpha value is -2.85. The molecule has 0 heterocycles. The number of para-hydroxylation sites is 2. The Morgan fingerprint density at radius 1 is 1.10 bits per heavy atom. The maximum absolute atomic E-state index is 12.3. The normalized spacial score (nSPS) is 12.1. The number of sulfonamides is 1. The second-order valence-corrected chi connectivity index (χ2v) is 7.68. The Labute approximate surface area is 166 Å². The third kappa shape index (κ3) is 8.36. The van der Waals surface area contributed by atoms with Crippen LogP contribution in [0, 0.1) is 6.92 Å². The summed E-state index contributed by atoms with van der Waals surface area (Å²) in [6, 6.07) is 12.7. The molecule has 0 fully saturated rings. The zero-order valence-electron chi connectivity index (χ0n) is 15.4. The van der Waals surface area contributed by atoms with E-state index in [4.69, 9.17) is 0 Å². The molecule has 1 amide bonds. The van der Waals surface area contributed by atoms with Crippen LogP contribution in [0.25, 0.3) is 6.08 Å². The molecule has 0 bridgehead atoms. The van der Waals surface area contributed by atoms with Crippen LogP contribution in [-0.2, 0) is 14.8 Å². The maximum Gasteiger partial charge on any atom is 0.422 e. The molecule has 0 saturated carbocycles. The third-order valence-electron chi connectivity index (χ3n) is 3.50. The number of amides is 1. The molecule has 0 radical (unpaired) electrons. The van der Waals surface area contributed by atoms with Crippen LogP contribution in [0.4, 0.5) is 18.9 Å². The van der Waals surface area contributed by atoms with E-state index in [-0.39, 0.29) is 11.4 Å². The van der Waals surface area contributed by atoms with Gasteiger partial charge in [0.25, 0.3) is 0 Å². The number of hydrogen-bond acceptors (Lipinski definition) is 4. The molecule has 0 unspecified atom stereocenters. The first-order chi connectivity index (χ1) is 13.5. The molecule has 2 N–H and O–H groups in total. The molecule has 0 aliphatic rings. The van der Waals surface area contributed by atoms with Crippen LogP contribution in [0.15, 0.2) is 53.9 Å². The lowest BCUT2D eigenvalue weighted by atomic mass is 10.2. The summed E-state index contributed by atoms with van der Waals surface area (Å²) in [5.74, 6) is -0.944. The average molecular weight is 428 g/mol. The summed E-state index contributed by atoms with van der Waals surface area (Å²) in [5.41, 5.74) is 1.69. The summed E-state index contributed by atoms with van der Waals surface area (Å²) in [7, 11) is -3.89. The number of hydrogen-bond donors (Lipinski definition) is 2. The van der Waals surface area contributed by atoms with Gasteiger partial charge in [0.2, 0.25) is 15.9 Å². The van der Waals surface area contributed by atoms with E-state index in [2.05, 4.69) is 14.8 Å². The van der Waals surface area contributed by atoms with E-state index >= 15 is 0 Å². The Bertz CT molecular complexity index is 972. The van der Waals surface area contributed by atoms with E-state index in [9.17, 15) is 26.4 Å². The van der Waals surface area contributed by atoms with Crippen molar-refractivity contribution in [2.24, 2.45) is 0 Å². The van der Waals surface area contributed by atoms with Crippen LogP contribution in [0.1, 0.15) is 11.1 Å². The van der Waals surface area contributed by atoms with E-state index in [1.165, 1.54) is 30.3 Å². The van der Waals surface area contributed by atoms with Crippen molar-refractivity contribution in [2.75, 3.05) is 18.5 Å². The number of carbonyl (C=O) groups is 1. The predicted molar refractivity (Wildman–Crippen MR) is 104 cm³/mol. The number of rotatable bonds is 8. The van der Waals surface area contributed by atoms with Gasteiger partial charge in [-0.15, -0.1) is 0 Å². The molecule has 0 aliphatic heterocycles. The number of aryl methyl sites for hydroxylation is 1. The van der Waals surface area contributed by atoms with E-state index in [0.717, 1.165) is 11.0 Å². The number of benzene rings is 2. The van der Waals surface area contributed by atoms with Crippen LogP contribution < -0.4 is 14.8 Å². The summed E-state index contributed by atoms with van der Waals surface area (Å²) < 4.78 is 67.6. The van der Waals surface area contributed by atoms with Gasteiger partial charge in [0, 0.05) is 5.41 Å². The first-order valence-electron chi connectivity index (χ1n) is 8.37. The fourth-order valence-corrected chi connectivity index (χ4v) is 2.87. The van der Waals surface area contributed by atoms with Gasteiger partial charge in [-0.1, -0.05) is 42.0 Å². The van der Waals surface area contributed by atoms with Crippen LogP contribution in [0.2, 0.25) is 0 Å². The van der Waals surface area contributed by atoms with Gasteiger partial charge >= 0.3 is 6.18 Å². The first-order valence-corrected chi connectivity index (χ1v) is 9.91. The summed E-state index contributed by atoms with van der Waals surface area (Å²) in [5, 5.41) is 3.24. The van der Waals surface area contributed by atoms with E-state index in [0.29, 0.717) is 5.56 Å². The minimum Gasteiger partial charge on any atom is -0.482 e. The van der Waals surface area contributed by atoms with E-state index in [1.807, 2.05) is 19.1 Å². The smallest absolute Gasteiger partial charge is 0.422 e. The Kier molecular flexibility index (Phi) is 7.40. The largest absolute Gasteiger partial charge is 0.482 e. The number of ether oxygens (including phenoxy) is 1.